The van der Waals surface area contributed by atoms with E-state index in [4.69, 9.17) is 14.4 Å². The zero-order valence-electron chi connectivity index (χ0n) is 25.7. The van der Waals surface area contributed by atoms with Gasteiger partial charge in [-0.05, 0) is 58.9 Å². The molecule has 7 heteroatoms. The Kier molecular flexibility index (Phi) is 5.29. The summed E-state index contributed by atoms with van der Waals surface area (Å²) in [6.45, 7) is 9.36. The van der Waals surface area contributed by atoms with Gasteiger partial charge in [0.2, 0.25) is 0 Å². The second-order valence-corrected chi connectivity index (χ2v) is 13.1. The van der Waals surface area contributed by atoms with Crippen LogP contribution in [0.25, 0.3) is 27.3 Å². The molecule has 5 heterocycles. The van der Waals surface area contributed by atoms with Crippen molar-refractivity contribution in [3.05, 3.63) is 127 Å². The van der Waals surface area contributed by atoms with E-state index >= 15 is 0 Å². The first-order chi connectivity index (χ1) is 21.8. The predicted molar refractivity (Wildman–Crippen MR) is 182 cm³/mol. The van der Waals surface area contributed by atoms with Gasteiger partial charge in [-0.3, -0.25) is 4.40 Å². The van der Waals surface area contributed by atoms with Crippen LogP contribution in [0.5, 0.6) is 17.2 Å². The summed E-state index contributed by atoms with van der Waals surface area (Å²) >= 11 is 0. The molecule has 0 amide bonds. The van der Waals surface area contributed by atoms with Crippen LogP contribution in [0, 0.1) is 0 Å². The molecular weight excluding hydrogens is 555 g/mol. The van der Waals surface area contributed by atoms with Gasteiger partial charge in [-0.15, -0.1) is 0 Å². The van der Waals surface area contributed by atoms with E-state index < -0.39 is 0 Å². The average Bonchev–Trinajstić information content (AvgIpc) is 3.68. The van der Waals surface area contributed by atoms with Gasteiger partial charge >= 0.3 is 7.05 Å². The number of hydrogen-bond acceptors (Lipinski definition) is 5. The monoisotopic (exact) mass is 586 g/mol. The summed E-state index contributed by atoms with van der Waals surface area (Å²) in [4.78, 5) is 11.8. The molecule has 3 aromatic heterocycles. The standard InChI is InChI=1S/C38H31BN4O2/c1-37(2)31-16-9-15-29-28-19-18-27(22-30(28)35-41-23-33(38(37,3)4)42(35)34(29)31)44-26-14-8-13-25(21-26)43-36-32(17-10-20-40-36)45-39(43)24-11-6-5-7-12-24/h5-23H,1-4H3. The number of hydrogen-bond donors (Lipinski definition) is 0. The minimum absolute atomic E-state index is 0.0485. The van der Waals surface area contributed by atoms with Crippen LogP contribution in [0.1, 0.15) is 39.0 Å². The normalized spacial score (nSPS) is 16.0. The van der Waals surface area contributed by atoms with Crippen LogP contribution in [0.15, 0.2) is 116 Å². The minimum atomic E-state index is -0.333. The number of benzene rings is 4. The number of pyridine rings is 2. The molecule has 45 heavy (non-hydrogen) atoms. The Hall–Kier alpha value is -5.30. The predicted octanol–water partition coefficient (Wildman–Crippen LogP) is 8.32. The van der Waals surface area contributed by atoms with Crippen molar-refractivity contribution in [1.82, 2.24) is 14.4 Å². The first-order valence-electron chi connectivity index (χ1n) is 15.4. The summed E-state index contributed by atoms with van der Waals surface area (Å²) in [6.07, 6.45) is 3.86. The fraction of sp³-hybridized carbons (Fsp3) is 0.158. The fourth-order valence-corrected chi connectivity index (χ4v) is 7.24. The van der Waals surface area contributed by atoms with Gasteiger partial charge in [0.05, 0.1) is 5.52 Å². The summed E-state index contributed by atoms with van der Waals surface area (Å²) < 4.78 is 15.3. The molecular formula is C38H31BN4O2. The zero-order valence-corrected chi connectivity index (χ0v) is 25.7. The molecule has 9 rings (SSSR count). The average molecular weight is 587 g/mol. The lowest BCUT2D eigenvalue weighted by Crippen LogP contribution is -2.47. The van der Waals surface area contributed by atoms with E-state index in [0.29, 0.717) is 0 Å². The quantitative estimate of drug-likeness (QED) is 0.153. The maximum absolute atomic E-state index is 6.57. The van der Waals surface area contributed by atoms with Gasteiger partial charge in [-0.25, -0.2) is 9.97 Å². The van der Waals surface area contributed by atoms with Gasteiger partial charge in [0.1, 0.15) is 22.9 Å². The Labute approximate surface area is 262 Å². The van der Waals surface area contributed by atoms with Gasteiger partial charge in [0.15, 0.2) is 5.82 Å². The molecule has 0 unspecified atom stereocenters. The molecule has 7 aromatic rings. The number of aromatic nitrogens is 3. The van der Waals surface area contributed by atoms with Crippen molar-refractivity contribution in [2.75, 3.05) is 4.81 Å². The number of para-hydroxylation sites is 1. The fourth-order valence-electron chi connectivity index (χ4n) is 7.24. The lowest BCUT2D eigenvalue weighted by atomic mass is 9.61. The van der Waals surface area contributed by atoms with Crippen LogP contribution in [0.3, 0.4) is 0 Å². The Morgan fingerprint density at radius 2 is 1.53 bits per heavy atom. The van der Waals surface area contributed by atoms with Crippen molar-refractivity contribution in [3.63, 3.8) is 0 Å². The molecule has 0 bridgehead atoms. The van der Waals surface area contributed by atoms with E-state index in [1.165, 1.54) is 27.5 Å². The lowest BCUT2D eigenvalue weighted by Gasteiger charge is -2.45. The highest BCUT2D eigenvalue weighted by atomic mass is 16.5. The molecule has 0 spiro atoms. The van der Waals surface area contributed by atoms with E-state index in [1.807, 2.05) is 48.5 Å². The summed E-state index contributed by atoms with van der Waals surface area (Å²) in [5.74, 6) is 3.03. The highest BCUT2D eigenvalue weighted by molar-refractivity contribution is 6.74. The van der Waals surface area contributed by atoms with E-state index in [1.54, 1.807) is 6.20 Å². The Bertz CT molecular complexity index is 2310. The van der Waals surface area contributed by atoms with Crippen molar-refractivity contribution >= 4 is 51.3 Å². The van der Waals surface area contributed by atoms with Crippen molar-refractivity contribution in [2.45, 2.75) is 38.5 Å². The first-order valence-corrected chi connectivity index (χ1v) is 15.4. The van der Waals surface area contributed by atoms with Crippen LogP contribution in [0.2, 0.25) is 0 Å². The van der Waals surface area contributed by atoms with Gasteiger partial charge < -0.3 is 14.2 Å². The van der Waals surface area contributed by atoms with Crippen molar-refractivity contribution in [3.8, 4) is 17.2 Å². The molecule has 6 nitrogen and oxygen atoms in total. The molecule has 0 saturated heterocycles. The topological polar surface area (TPSA) is 51.9 Å². The summed E-state index contributed by atoms with van der Waals surface area (Å²) in [7, 11) is -0.333. The maximum Gasteiger partial charge on any atom is 0.525 e. The SMILES string of the molecule is CC1(C)c2cccc3c4ccc(Oc5cccc(N6B(c7ccccc7)Oc7cccnc76)c5)cc4c4ncc(n4c23)C1(C)C. The molecule has 0 aliphatic carbocycles. The molecule has 0 saturated carbocycles. The summed E-state index contributed by atoms with van der Waals surface area (Å²) in [5.41, 5.74) is 6.66. The van der Waals surface area contributed by atoms with Gasteiger partial charge in [-0.1, -0.05) is 82.3 Å². The van der Waals surface area contributed by atoms with Crippen LogP contribution in [-0.4, -0.2) is 21.4 Å². The molecule has 0 N–H and O–H groups in total. The zero-order chi connectivity index (χ0) is 30.5. The largest absolute Gasteiger partial charge is 0.535 e. The minimum Gasteiger partial charge on any atom is -0.535 e. The Morgan fingerprint density at radius 1 is 0.711 bits per heavy atom. The van der Waals surface area contributed by atoms with Crippen molar-refractivity contribution in [2.24, 2.45) is 0 Å². The molecule has 218 valence electrons. The third-order valence-electron chi connectivity index (χ3n) is 10.3. The van der Waals surface area contributed by atoms with Crippen molar-refractivity contribution in [1.29, 1.82) is 0 Å². The smallest absolute Gasteiger partial charge is 0.525 e. The number of ether oxygens (including phenoxy) is 1. The van der Waals surface area contributed by atoms with E-state index in [0.717, 1.165) is 45.2 Å². The third-order valence-corrected chi connectivity index (χ3v) is 10.3. The molecule has 2 aliphatic heterocycles. The number of nitrogens with zero attached hydrogens (tertiary/aromatic N) is 4. The summed E-state index contributed by atoms with van der Waals surface area (Å²) in [6, 6.07) is 35.3. The molecule has 0 fully saturated rings. The third kappa shape index (κ3) is 3.58. The Balaban J connectivity index is 1.15. The van der Waals surface area contributed by atoms with Crippen LogP contribution in [-0.2, 0) is 10.8 Å². The highest BCUT2D eigenvalue weighted by Gasteiger charge is 2.46. The van der Waals surface area contributed by atoms with Gasteiger partial charge in [0.25, 0.3) is 0 Å². The highest BCUT2D eigenvalue weighted by Crippen LogP contribution is 2.51. The van der Waals surface area contributed by atoms with Crippen LogP contribution in [0.4, 0.5) is 11.5 Å². The van der Waals surface area contributed by atoms with Gasteiger partial charge in [0, 0.05) is 51.4 Å². The van der Waals surface area contributed by atoms with Gasteiger partial charge in [-0.2, -0.15) is 0 Å². The van der Waals surface area contributed by atoms with E-state index in [-0.39, 0.29) is 17.9 Å². The maximum atomic E-state index is 6.57. The molecule has 4 aromatic carbocycles. The number of fused-ring (bicyclic) bond motifs is 4. The Morgan fingerprint density at radius 3 is 2.40 bits per heavy atom. The second-order valence-electron chi connectivity index (χ2n) is 13.1. The van der Waals surface area contributed by atoms with E-state index in [9.17, 15) is 0 Å². The van der Waals surface area contributed by atoms with Crippen LogP contribution < -0.4 is 19.7 Å². The first kappa shape index (κ1) is 26.1. The van der Waals surface area contributed by atoms with E-state index in [2.05, 4.69) is 103 Å². The van der Waals surface area contributed by atoms with Crippen molar-refractivity contribution < 1.29 is 9.39 Å². The number of imidazole rings is 1. The summed E-state index contributed by atoms with van der Waals surface area (Å²) in [5, 5.41) is 3.49. The molecule has 2 aliphatic rings. The number of rotatable bonds is 4. The lowest BCUT2D eigenvalue weighted by molar-refractivity contribution is 0.288. The second kappa shape index (κ2) is 9.11. The number of anilines is 2. The van der Waals surface area contributed by atoms with Crippen LogP contribution >= 0.6 is 0 Å². The molecule has 0 radical (unpaired) electrons. The molecule has 0 atom stereocenters.